The largest absolute Gasteiger partial charge is 0.497 e. The average molecular weight is 246 g/mol. The molecule has 2 rings (SSSR count). The molecule has 0 N–H and O–H groups in total. The van der Waals surface area contributed by atoms with Crippen molar-refractivity contribution in [3.05, 3.63) is 59.4 Å². The maximum atomic E-state index is 12.3. The van der Waals surface area contributed by atoms with Crippen LogP contribution in [0.1, 0.15) is 18.1 Å². The second-order valence-electron chi connectivity index (χ2n) is 4.22. The van der Waals surface area contributed by atoms with Crippen LogP contribution in [-0.2, 0) is 11.4 Å². The van der Waals surface area contributed by atoms with Gasteiger partial charge in [0.25, 0.3) is 0 Å². The van der Waals surface area contributed by atoms with Gasteiger partial charge in [-0.25, -0.2) is 0 Å². The highest BCUT2D eigenvalue weighted by atomic mass is 19.3. The molecule has 0 saturated heterocycles. The second-order valence-corrected chi connectivity index (χ2v) is 4.22. The van der Waals surface area contributed by atoms with Crippen molar-refractivity contribution >= 4 is 5.57 Å². The molecule has 2 nitrogen and oxygen atoms in total. The van der Waals surface area contributed by atoms with Gasteiger partial charge in [-0.2, -0.15) is 0 Å². The first-order chi connectivity index (χ1) is 8.69. The first kappa shape index (κ1) is 12.4. The number of fused-ring (bicyclic) bond motifs is 1. The zero-order valence-electron chi connectivity index (χ0n) is 10.5. The van der Waals surface area contributed by atoms with E-state index in [9.17, 15) is 4.53 Å². The molecule has 0 amide bonds. The fourth-order valence-electron chi connectivity index (χ4n) is 2.15. The van der Waals surface area contributed by atoms with Gasteiger partial charge < -0.3 is 4.74 Å². The Morgan fingerprint density at radius 1 is 1.44 bits per heavy atom. The molecule has 1 aliphatic rings. The summed E-state index contributed by atoms with van der Waals surface area (Å²) in [6.45, 7) is 5.53. The van der Waals surface area contributed by atoms with Crippen molar-refractivity contribution in [2.24, 2.45) is 0 Å². The number of rotatable bonds is 4. The lowest BCUT2D eigenvalue weighted by Gasteiger charge is -2.06. The van der Waals surface area contributed by atoms with Crippen LogP contribution < -0.4 is 4.74 Å². The third kappa shape index (κ3) is 2.16. The van der Waals surface area contributed by atoms with Gasteiger partial charge in [-0.3, -0.25) is 4.94 Å². The predicted molar refractivity (Wildman–Crippen MR) is 69.8 cm³/mol. The van der Waals surface area contributed by atoms with Crippen LogP contribution in [0.2, 0.25) is 0 Å². The molecule has 94 valence electrons. The predicted octanol–water partition coefficient (Wildman–Crippen LogP) is 4.00. The van der Waals surface area contributed by atoms with E-state index in [0.717, 1.165) is 23.3 Å². The highest BCUT2D eigenvalue weighted by Crippen LogP contribution is 2.36. The SMILES string of the molecule is C=C/C(=C\C1=C(C)Cc2ccc(OC)cc21)OF. The molecule has 0 fully saturated rings. The van der Waals surface area contributed by atoms with E-state index in [0.29, 0.717) is 0 Å². The van der Waals surface area contributed by atoms with Crippen LogP contribution in [0.4, 0.5) is 4.53 Å². The molecule has 0 aliphatic heterocycles. The summed E-state index contributed by atoms with van der Waals surface area (Å²) in [6.07, 6.45) is 3.87. The van der Waals surface area contributed by atoms with Gasteiger partial charge in [-0.15, -0.1) is 0 Å². The van der Waals surface area contributed by atoms with Crippen LogP contribution in [0.5, 0.6) is 5.75 Å². The van der Waals surface area contributed by atoms with Crippen molar-refractivity contribution < 1.29 is 14.2 Å². The summed E-state index contributed by atoms with van der Waals surface area (Å²) in [4.78, 5) is 3.76. The lowest BCUT2D eigenvalue weighted by Crippen LogP contribution is -1.88. The molecule has 0 atom stereocenters. The van der Waals surface area contributed by atoms with Crippen LogP contribution in [0.3, 0.4) is 0 Å². The lowest BCUT2D eigenvalue weighted by molar-refractivity contribution is -0.0763. The smallest absolute Gasteiger partial charge is 0.171 e. The Balaban J connectivity index is 2.48. The summed E-state index contributed by atoms with van der Waals surface area (Å²) in [5, 5.41) is 0. The van der Waals surface area contributed by atoms with Gasteiger partial charge in [0.15, 0.2) is 5.76 Å². The third-order valence-electron chi connectivity index (χ3n) is 3.10. The number of benzene rings is 1. The van der Waals surface area contributed by atoms with E-state index in [1.54, 1.807) is 13.2 Å². The Kier molecular flexibility index (Phi) is 3.51. The summed E-state index contributed by atoms with van der Waals surface area (Å²) >= 11 is 0. The summed E-state index contributed by atoms with van der Waals surface area (Å²) in [7, 11) is 1.63. The zero-order valence-corrected chi connectivity index (χ0v) is 10.5. The molecule has 0 aromatic heterocycles. The lowest BCUT2D eigenvalue weighted by atomic mass is 10.0. The van der Waals surface area contributed by atoms with Crippen LogP contribution in [0.15, 0.2) is 48.3 Å². The van der Waals surface area contributed by atoms with Crippen molar-refractivity contribution in [3.63, 3.8) is 0 Å². The molecule has 3 heteroatoms. The summed E-state index contributed by atoms with van der Waals surface area (Å²) in [6, 6.07) is 5.91. The zero-order chi connectivity index (χ0) is 13.1. The number of ether oxygens (including phenoxy) is 1. The standard InChI is InChI=1S/C15H15FO2/c1-4-12(18-16)8-14-10(2)7-11-5-6-13(17-3)9-15(11)14/h4-6,8-9H,1,7H2,2-3H3/b12-8+. The normalized spacial score (nSPS) is 14.5. The number of allylic oxidation sites excluding steroid dienone is 4. The van der Waals surface area contributed by atoms with Crippen molar-refractivity contribution in [3.8, 4) is 5.75 Å². The molecule has 0 saturated carbocycles. The summed E-state index contributed by atoms with van der Waals surface area (Å²) in [5.74, 6) is 0.899. The molecule has 0 unspecified atom stereocenters. The van der Waals surface area contributed by atoms with Crippen LogP contribution >= 0.6 is 0 Å². The molecular weight excluding hydrogens is 231 g/mol. The van der Waals surface area contributed by atoms with Gasteiger partial charge in [0, 0.05) is 4.53 Å². The van der Waals surface area contributed by atoms with Gasteiger partial charge in [-0.1, -0.05) is 18.2 Å². The third-order valence-corrected chi connectivity index (χ3v) is 3.10. The molecule has 1 aromatic carbocycles. The van der Waals surface area contributed by atoms with Gasteiger partial charge in [-0.05, 0) is 54.3 Å². The Bertz CT molecular complexity index is 541. The Morgan fingerprint density at radius 2 is 2.22 bits per heavy atom. The minimum Gasteiger partial charge on any atom is -0.497 e. The first-order valence-electron chi connectivity index (χ1n) is 5.69. The van der Waals surface area contributed by atoms with Crippen molar-refractivity contribution in [1.82, 2.24) is 0 Å². The van der Waals surface area contributed by atoms with Crippen molar-refractivity contribution in [2.45, 2.75) is 13.3 Å². The summed E-state index contributed by atoms with van der Waals surface area (Å²) in [5.41, 5.74) is 4.41. The van der Waals surface area contributed by atoms with Crippen LogP contribution in [0.25, 0.3) is 5.57 Å². The molecular formula is C15H15FO2. The maximum absolute atomic E-state index is 12.3. The maximum Gasteiger partial charge on any atom is 0.171 e. The minimum atomic E-state index is 0.111. The van der Waals surface area contributed by atoms with E-state index in [1.807, 2.05) is 25.1 Å². The Hall–Kier alpha value is -2.03. The van der Waals surface area contributed by atoms with E-state index in [1.165, 1.54) is 17.2 Å². The Morgan fingerprint density at radius 3 is 2.83 bits per heavy atom. The van der Waals surface area contributed by atoms with Crippen LogP contribution in [0, 0.1) is 0 Å². The van der Waals surface area contributed by atoms with Crippen LogP contribution in [-0.4, -0.2) is 7.11 Å². The molecule has 0 spiro atoms. The van der Waals surface area contributed by atoms with Gasteiger partial charge in [0.1, 0.15) is 5.75 Å². The molecule has 0 radical (unpaired) electrons. The fraction of sp³-hybridized carbons (Fsp3) is 0.200. The van der Waals surface area contributed by atoms with E-state index < -0.39 is 0 Å². The topological polar surface area (TPSA) is 18.5 Å². The summed E-state index contributed by atoms with van der Waals surface area (Å²) < 4.78 is 17.5. The molecule has 1 aromatic rings. The monoisotopic (exact) mass is 246 g/mol. The molecule has 0 bridgehead atoms. The van der Waals surface area contributed by atoms with Crippen molar-refractivity contribution in [2.75, 3.05) is 7.11 Å². The first-order valence-corrected chi connectivity index (χ1v) is 5.69. The van der Waals surface area contributed by atoms with Crippen molar-refractivity contribution in [1.29, 1.82) is 0 Å². The average Bonchev–Trinajstić information content (AvgIpc) is 2.70. The molecule has 18 heavy (non-hydrogen) atoms. The van der Waals surface area contributed by atoms with E-state index >= 15 is 0 Å². The highest BCUT2D eigenvalue weighted by Gasteiger charge is 2.18. The van der Waals surface area contributed by atoms with E-state index in [4.69, 9.17) is 4.74 Å². The highest BCUT2D eigenvalue weighted by molar-refractivity contribution is 5.83. The quantitative estimate of drug-likeness (QED) is 0.590. The van der Waals surface area contributed by atoms with E-state index in [2.05, 4.69) is 11.5 Å². The van der Waals surface area contributed by atoms with Gasteiger partial charge in [0.2, 0.25) is 0 Å². The number of hydrogen-bond donors (Lipinski definition) is 0. The van der Waals surface area contributed by atoms with Gasteiger partial charge in [0.05, 0.1) is 7.11 Å². The minimum absolute atomic E-state index is 0.111. The number of methoxy groups -OCH3 is 1. The molecule has 0 heterocycles. The Labute approximate surface area is 106 Å². The number of halogens is 1. The number of hydrogen-bond acceptors (Lipinski definition) is 2. The van der Waals surface area contributed by atoms with Gasteiger partial charge >= 0.3 is 0 Å². The fourth-order valence-corrected chi connectivity index (χ4v) is 2.15. The second kappa shape index (κ2) is 5.08. The molecule has 1 aliphatic carbocycles. The van der Waals surface area contributed by atoms with E-state index in [-0.39, 0.29) is 5.76 Å².